The van der Waals surface area contributed by atoms with E-state index in [2.05, 4.69) is 4.98 Å². The zero-order chi connectivity index (χ0) is 15.8. The fourth-order valence-electron chi connectivity index (χ4n) is 1.76. The molecule has 0 bridgehead atoms. The number of aromatic nitrogens is 1. The van der Waals surface area contributed by atoms with Crippen LogP contribution in [0.25, 0.3) is 0 Å². The van der Waals surface area contributed by atoms with E-state index in [9.17, 15) is 18.0 Å². The minimum atomic E-state index is -4.67. The van der Waals surface area contributed by atoms with Crippen LogP contribution in [0.2, 0.25) is 0 Å². The fourth-order valence-corrected chi connectivity index (χ4v) is 2.63. The van der Waals surface area contributed by atoms with Crippen molar-refractivity contribution < 1.29 is 23.1 Å². The van der Waals surface area contributed by atoms with E-state index in [4.69, 9.17) is 10.4 Å². The normalized spacial score (nSPS) is 16.3. The van der Waals surface area contributed by atoms with Gasteiger partial charge in [-0.05, 0) is 25.8 Å². The molecule has 4 nitrogen and oxygen atoms in total. The Bertz CT molecular complexity index is 621. The first-order valence-electron chi connectivity index (χ1n) is 6.15. The number of alkyl halides is 3. The maximum absolute atomic E-state index is 13.1. The molecule has 112 valence electrons. The van der Waals surface area contributed by atoms with Gasteiger partial charge in [0.2, 0.25) is 0 Å². The molecule has 0 spiro atoms. The van der Waals surface area contributed by atoms with Crippen LogP contribution in [0.4, 0.5) is 13.2 Å². The molecule has 1 atom stereocenters. The molecule has 1 aromatic rings. The van der Waals surface area contributed by atoms with Gasteiger partial charge in [0.05, 0.1) is 11.1 Å². The standard InChI is InChI=1S/C13H11F3N2O2S/c1-6(12(19)20)21-11-8(5-17)9(13(14,15)16)4-10(18-11)7-2-3-7/h4,6-7H,2-3H2,1H3,(H,19,20). The van der Waals surface area contributed by atoms with E-state index in [-0.39, 0.29) is 16.6 Å². The highest BCUT2D eigenvalue weighted by Gasteiger charge is 2.38. The van der Waals surface area contributed by atoms with Crippen molar-refractivity contribution in [3.05, 3.63) is 22.9 Å². The van der Waals surface area contributed by atoms with Crippen molar-refractivity contribution in [2.45, 2.75) is 42.1 Å². The van der Waals surface area contributed by atoms with E-state index in [1.165, 1.54) is 13.0 Å². The summed E-state index contributed by atoms with van der Waals surface area (Å²) in [7, 11) is 0. The van der Waals surface area contributed by atoms with Crippen LogP contribution in [0.15, 0.2) is 11.1 Å². The lowest BCUT2D eigenvalue weighted by molar-refractivity contribution is -0.138. The van der Waals surface area contributed by atoms with Gasteiger partial charge in [-0.3, -0.25) is 4.79 Å². The van der Waals surface area contributed by atoms with Crippen LogP contribution in [0.1, 0.15) is 42.5 Å². The highest BCUT2D eigenvalue weighted by atomic mass is 32.2. The van der Waals surface area contributed by atoms with E-state index in [0.717, 1.165) is 18.9 Å². The van der Waals surface area contributed by atoms with Crippen LogP contribution < -0.4 is 0 Å². The topological polar surface area (TPSA) is 74.0 Å². The molecule has 1 saturated carbocycles. The summed E-state index contributed by atoms with van der Waals surface area (Å²) >= 11 is 0.659. The Morgan fingerprint density at radius 1 is 1.57 bits per heavy atom. The number of hydrogen-bond acceptors (Lipinski definition) is 4. The van der Waals surface area contributed by atoms with Crippen LogP contribution in [0.5, 0.6) is 0 Å². The van der Waals surface area contributed by atoms with Crippen molar-refractivity contribution in [3.8, 4) is 6.07 Å². The lowest BCUT2D eigenvalue weighted by Gasteiger charge is -2.15. The SMILES string of the molecule is CC(Sc1nc(C2CC2)cc(C(F)(F)F)c1C#N)C(=O)O. The number of aliphatic carboxylic acids is 1. The van der Waals surface area contributed by atoms with Gasteiger partial charge in [-0.1, -0.05) is 11.8 Å². The molecular formula is C13H11F3N2O2S. The van der Waals surface area contributed by atoms with Crippen molar-refractivity contribution in [1.29, 1.82) is 5.26 Å². The molecular weight excluding hydrogens is 305 g/mol. The summed E-state index contributed by atoms with van der Waals surface area (Å²) < 4.78 is 39.2. The Hall–Kier alpha value is -1.75. The predicted octanol–water partition coefficient (Wildman–Crippen LogP) is 3.41. The number of carbonyl (C=O) groups is 1. The van der Waals surface area contributed by atoms with E-state index in [1.54, 1.807) is 0 Å². The number of hydrogen-bond donors (Lipinski definition) is 1. The lowest BCUT2D eigenvalue weighted by Crippen LogP contribution is -2.15. The second-order valence-electron chi connectivity index (χ2n) is 4.76. The van der Waals surface area contributed by atoms with E-state index < -0.39 is 28.5 Å². The Morgan fingerprint density at radius 3 is 2.62 bits per heavy atom. The maximum Gasteiger partial charge on any atom is 0.417 e. The van der Waals surface area contributed by atoms with Gasteiger partial charge in [0.1, 0.15) is 16.3 Å². The molecule has 1 heterocycles. The largest absolute Gasteiger partial charge is 0.480 e. The summed E-state index contributed by atoms with van der Waals surface area (Å²) in [5, 5.41) is 16.7. The summed E-state index contributed by atoms with van der Waals surface area (Å²) in [6.07, 6.45) is -3.15. The van der Waals surface area contributed by atoms with Crippen LogP contribution in [0, 0.1) is 11.3 Å². The second-order valence-corrected chi connectivity index (χ2v) is 6.09. The zero-order valence-electron chi connectivity index (χ0n) is 10.9. The summed E-state index contributed by atoms with van der Waals surface area (Å²) in [5.41, 5.74) is -1.37. The van der Waals surface area contributed by atoms with Crippen molar-refractivity contribution >= 4 is 17.7 Å². The average molecular weight is 316 g/mol. The van der Waals surface area contributed by atoms with Gasteiger partial charge in [0, 0.05) is 11.6 Å². The molecule has 0 radical (unpaired) electrons. The van der Waals surface area contributed by atoms with Gasteiger partial charge in [0.25, 0.3) is 0 Å². The molecule has 21 heavy (non-hydrogen) atoms. The van der Waals surface area contributed by atoms with Gasteiger partial charge >= 0.3 is 12.1 Å². The van der Waals surface area contributed by atoms with Gasteiger partial charge in [0.15, 0.2) is 0 Å². The molecule has 1 fully saturated rings. The summed E-state index contributed by atoms with van der Waals surface area (Å²) in [4.78, 5) is 14.9. The Kier molecular flexibility index (Phi) is 4.14. The number of nitriles is 1. The number of nitrogens with zero attached hydrogens (tertiary/aromatic N) is 2. The Balaban J connectivity index is 2.53. The van der Waals surface area contributed by atoms with Crippen molar-refractivity contribution in [2.75, 3.05) is 0 Å². The minimum absolute atomic E-state index is 0.0293. The predicted molar refractivity (Wildman–Crippen MR) is 68.9 cm³/mol. The monoisotopic (exact) mass is 316 g/mol. The molecule has 1 unspecified atom stereocenters. The number of thioether (sulfide) groups is 1. The Morgan fingerprint density at radius 2 is 2.19 bits per heavy atom. The molecule has 1 N–H and O–H groups in total. The molecule has 0 aromatic carbocycles. The number of carboxylic acid groups (broad SMARTS) is 1. The number of rotatable bonds is 4. The molecule has 0 amide bonds. The second kappa shape index (κ2) is 5.56. The molecule has 1 aliphatic rings. The molecule has 0 aliphatic heterocycles. The quantitative estimate of drug-likeness (QED) is 0.862. The smallest absolute Gasteiger partial charge is 0.417 e. The molecule has 1 aromatic heterocycles. The van der Waals surface area contributed by atoms with E-state index in [0.29, 0.717) is 11.8 Å². The first kappa shape index (κ1) is 15.6. The van der Waals surface area contributed by atoms with Gasteiger partial charge in [-0.25, -0.2) is 4.98 Å². The Labute approximate surface area is 123 Å². The third-order valence-electron chi connectivity index (χ3n) is 3.06. The minimum Gasteiger partial charge on any atom is -0.480 e. The van der Waals surface area contributed by atoms with Crippen molar-refractivity contribution in [3.63, 3.8) is 0 Å². The third-order valence-corrected chi connectivity index (χ3v) is 4.13. The van der Waals surface area contributed by atoms with Crippen LogP contribution >= 0.6 is 11.8 Å². The van der Waals surface area contributed by atoms with Crippen LogP contribution in [0.3, 0.4) is 0 Å². The number of pyridine rings is 1. The van der Waals surface area contributed by atoms with Gasteiger partial charge in [-0.2, -0.15) is 18.4 Å². The van der Waals surface area contributed by atoms with Crippen LogP contribution in [-0.4, -0.2) is 21.3 Å². The molecule has 0 saturated heterocycles. The van der Waals surface area contributed by atoms with Gasteiger partial charge < -0.3 is 5.11 Å². The van der Waals surface area contributed by atoms with E-state index >= 15 is 0 Å². The van der Waals surface area contributed by atoms with Crippen LogP contribution in [-0.2, 0) is 11.0 Å². The fraction of sp³-hybridized carbons (Fsp3) is 0.462. The third kappa shape index (κ3) is 3.47. The van der Waals surface area contributed by atoms with E-state index in [1.807, 2.05) is 0 Å². The number of carboxylic acids is 1. The first-order chi connectivity index (χ1) is 9.74. The van der Waals surface area contributed by atoms with Crippen molar-refractivity contribution in [2.24, 2.45) is 0 Å². The molecule has 8 heteroatoms. The zero-order valence-corrected chi connectivity index (χ0v) is 11.8. The van der Waals surface area contributed by atoms with Crippen molar-refractivity contribution in [1.82, 2.24) is 4.98 Å². The number of halogens is 3. The highest BCUT2D eigenvalue weighted by molar-refractivity contribution is 8.00. The summed E-state index contributed by atoms with van der Waals surface area (Å²) in [6.45, 7) is 1.34. The summed E-state index contributed by atoms with van der Waals surface area (Å²) in [5.74, 6) is -1.20. The lowest BCUT2D eigenvalue weighted by atomic mass is 10.1. The molecule has 1 aliphatic carbocycles. The average Bonchev–Trinajstić information content (AvgIpc) is 3.20. The summed E-state index contributed by atoms with van der Waals surface area (Å²) in [6, 6.07) is 2.41. The maximum atomic E-state index is 13.1. The first-order valence-corrected chi connectivity index (χ1v) is 7.03. The highest BCUT2D eigenvalue weighted by Crippen LogP contribution is 2.44. The molecule has 2 rings (SSSR count). The van der Waals surface area contributed by atoms with Gasteiger partial charge in [-0.15, -0.1) is 0 Å².